The summed E-state index contributed by atoms with van der Waals surface area (Å²) < 4.78 is 1.13. The molecule has 0 unspecified atom stereocenters. The molecule has 0 aliphatic rings. The molecule has 1 aromatic carbocycles. The molecule has 0 bridgehead atoms. The minimum absolute atomic E-state index is 0. The fourth-order valence-electron chi connectivity index (χ4n) is 2.47. The number of thiophene rings is 1. The van der Waals surface area contributed by atoms with Gasteiger partial charge in [0, 0.05) is 18.0 Å². The van der Waals surface area contributed by atoms with Crippen LogP contribution in [0.1, 0.15) is 10.4 Å². The van der Waals surface area contributed by atoms with E-state index < -0.39 is 0 Å². The molecule has 134 valence electrons. The lowest BCUT2D eigenvalue weighted by Gasteiger charge is -2.21. The Bertz CT molecular complexity index is 830. The summed E-state index contributed by atoms with van der Waals surface area (Å²) in [5, 5.41) is 2.80. The minimum atomic E-state index is 0. The normalized spacial score (nSPS) is 10.9. The molecule has 1 amide bonds. The van der Waals surface area contributed by atoms with Crippen LogP contribution in [-0.4, -0.2) is 43.0 Å². The Balaban J connectivity index is 0.00000225. The third kappa shape index (κ3) is 4.79. The minimum Gasteiger partial charge on any atom is -0.308 e. The van der Waals surface area contributed by atoms with Gasteiger partial charge in [-0.15, -0.1) is 23.7 Å². The van der Waals surface area contributed by atoms with Gasteiger partial charge < -0.3 is 4.90 Å². The maximum absolute atomic E-state index is 12.9. The second kappa shape index (κ2) is 8.76. The van der Waals surface area contributed by atoms with Crippen molar-refractivity contribution in [3.05, 3.63) is 46.2 Å². The van der Waals surface area contributed by atoms with E-state index in [4.69, 9.17) is 4.98 Å². The fraction of sp³-hybridized carbons (Fsp3) is 0.333. The van der Waals surface area contributed by atoms with E-state index in [1.165, 1.54) is 0 Å². The molecule has 0 saturated heterocycles. The van der Waals surface area contributed by atoms with Crippen LogP contribution >= 0.6 is 35.1 Å². The molecule has 3 aromatic rings. The molecule has 0 aliphatic heterocycles. The van der Waals surface area contributed by atoms with E-state index in [-0.39, 0.29) is 18.3 Å². The van der Waals surface area contributed by atoms with E-state index >= 15 is 0 Å². The topological polar surface area (TPSA) is 36.4 Å². The standard InChI is InChI=1S/C18H21N3OS2.ClH/c1-13-6-4-8-15-17(13)19-18(24-15)21(10-9-20(2)3)16(22)12-14-7-5-11-23-14;/h4-8,11H,9-10,12H2,1-3H3;1H. The first-order valence-electron chi connectivity index (χ1n) is 7.88. The lowest BCUT2D eigenvalue weighted by atomic mass is 10.2. The molecule has 0 spiro atoms. The monoisotopic (exact) mass is 395 g/mol. The zero-order chi connectivity index (χ0) is 17.1. The van der Waals surface area contributed by atoms with Gasteiger partial charge in [-0.25, -0.2) is 4.98 Å². The van der Waals surface area contributed by atoms with Gasteiger partial charge in [0.1, 0.15) is 0 Å². The van der Waals surface area contributed by atoms with Gasteiger partial charge in [0.15, 0.2) is 5.13 Å². The molecule has 0 N–H and O–H groups in total. The van der Waals surface area contributed by atoms with Gasteiger partial charge in [0.05, 0.1) is 16.6 Å². The summed E-state index contributed by atoms with van der Waals surface area (Å²) in [4.78, 5) is 22.6. The Kier molecular flexibility index (Phi) is 6.95. The molecule has 4 nitrogen and oxygen atoms in total. The van der Waals surface area contributed by atoms with Crippen LogP contribution in [0.15, 0.2) is 35.7 Å². The van der Waals surface area contributed by atoms with E-state index in [1.807, 2.05) is 42.6 Å². The van der Waals surface area contributed by atoms with Crippen LogP contribution in [-0.2, 0) is 11.2 Å². The molecular weight excluding hydrogens is 374 g/mol. The van der Waals surface area contributed by atoms with Crippen molar-refractivity contribution in [3.8, 4) is 0 Å². The maximum Gasteiger partial charge on any atom is 0.234 e. The van der Waals surface area contributed by atoms with Crippen LogP contribution in [0.5, 0.6) is 0 Å². The van der Waals surface area contributed by atoms with Crippen molar-refractivity contribution in [1.29, 1.82) is 0 Å². The Labute approximate surface area is 162 Å². The molecule has 25 heavy (non-hydrogen) atoms. The van der Waals surface area contributed by atoms with Crippen molar-refractivity contribution in [3.63, 3.8) is 0 Å². The van der Waals surface area contributed by atoms with Crippen molar-refractivity contribution in [1.82, 2.24) is 9.88 Å². The van der Waals surface area contributed by atoms with Crippen molar-refractivity contribution < 1.29 is 4.79 Å². The molecule has 0 fully saturated rings. The van der Waals surface area contributed by atoms with Crippen LogP contribution in [0.4, 0.5) is 5.13 Å². The summed E-state index contributed by atoms with van der Waals surface area (Å²) in [6, 6.07) is 10.2. The SMILES string of the molecule is Cc1cccc2sc(N(CCN(C)C)C(=O)Cc3cccs3)nc12.Cl. The molecule has 2 aromatic heterocycles. The Morgan fingerprint density at radius 3 is 2.60 bits per heavy atom. The largest absolute Gasteiger partial charge is 0.308 e. The zero-order valence-corrected chi connectivity index (χ0v) is 17.0. The second-order valence-corrected chi connectivity index (χ2v) is 8.06. The highest BCUT2D eigenvalue weighted by molar-refractivity contribution is 7.22. The number of para-hydroxylation sites is 1. The summed E-state index contributed by atoms with van der Waals surface area (Å²) in [5.41, 5.74) is 2.14. The van der Waals surface area contributed by atoms with Gasteiger partial charge in [-0.2, -0.15) is 0 Å². The first kappa shape index (κ1) is 19.8. The second-order valence-electron chi connectivity index (χ2n) is 6.02. The number of amides is 1. The summed E-state index contributed by atoms with van der Waals surface area (Å²) in [6.07, 6.45) is 0.431. The highest BCUT2D eigenvalue weighted by Gasteiger charge is 2.20. The molecule has 7 heteroatoms. The number of likely N-dealkylation sites (N-methyl/N-ethyl adjacent to an activating group) is 1. The van der Waals surface area contributed by atoms with E-state index in [0.29, 0.717) is 13.0 Å². The lowest BCUT2D eigenvalue weighted by molar-refractivity contribution is -0.118. The Morgan fingerprint density at radius 2 is 1.96 bits per heavy atom. The van der Waals surface area contributed by atoms with Gasteiger partial charge in [-0.05, 0) is 44.1 Å². The summed E-state index contributed by atoms with van der Waals surface area (Å²) in [6.45, 7) is 3.52. The van der Waals surface area contributed by atoms with Crippen LogP contribution in [0.25, 0.3) is 10.2 Å². The lowest BCUT2D eigenvalue weighted by Crippen LogP contribution is -2.37. The zero-order valence-electron chi connectivity index (χ0n) is 14.6. The van der Waals surface area contributed by atoms with Gasteiger partial charge in [-0.1, -0.05) is 29.5 Å². The molecule has 0 aliphatic carbocycles. The van der Waals surface area contributed by atoms with Crippen LogP contribution in [0.3, 0.4) is 0 Å². The Morgan fingerprint density at radius 1 is 1.16 bits per heavy atom. The number of aromatic nitrogens is 1. The third-order valence-electron chi connectivity index (χ3n) is 3.82. The summed E-state index contributed by atoms with van der Waals surface area (Å²) in [5.74, 6) is 0.107. The summed E-state index contributed by atoms with van der Waals surface area (Å²) in [7, 11) is 4.04. The first-order chi connectivity index (χ1) is 11.5. The number of hydrogen-bond donors (Lipinski definition) is 0. The van der Waals surface area contributed by atoms with E-state index in [0.717, 1.165) is 32.3 Å². The van der Waals surface area contributed by atoms with E-state index in [2.05, 4.69) is 24.0 Å². The number of carbonyl (C=O) groups excluding carboxylic acids is 1. The number of halogens is 1. The molecule has 0 saturated carbocycles. The number of thiazole rings is 1. The first-order valence-corrected chi connectivity index (χ1v) is 9.58. The number of benzene rings is 1. The van der Waals surface area contributed by atoms with E-state index in [1.54, 1.807) is 22.7 Å². The third-order valence-corrected chi connectivity index (χ3v) is 5.74. The number of hydrogen-bond acceptors (Lipinski definition) is 5. The average molecular weight is 396 g/mol. The quantitative estimate of drug-likeness (QED) is 0.626. The summed E-state index contributed by atoms with van der Waals surface area (Å²) >= 11 is 3.21. The number of nitrogens with zero attached hydrogens (tertiary/aromatic N) is 3. The Hall–Kier alpha value is -1.47. The van der Waals surface area contributed by atoms with Crippen molar-refractivity contribution in [2.24, 2.45) is 0 Å². The number of rotatable bonds is 6. The van der Waals surface area contributed by atoms with Crippen molar-refractivity contribution >= 4 is 56.3 Å². The van der Waals surface area contributed by atoms with Gasteiger partial charge in [0.2, 0.25) is 5.91 Å². The fourth-order valence-corrected chi connectivity index (χ4v) is 4.26. The van der Waals surface area contributed by atoms with Crippen molar-refractivity contribution in [2.75, 3.05) is 32.1 Å². The predicted molar refractivity (Wildman–Crippen MR) is 111 cm³/mol. The van der Waals surface area contributed by atoms with Crippen LogP contribution in [0, 0.1) is 6.92 Å². The van der Waals surface area contributed by atoms with Crippen LogP contribution in [0.2, 0.25) is 0 Å². The van der Waals surface area contributed by atoms with Gasteiger partial charge >= 0.3 is 0 Å². The molecule has 0 radical (unpaired) electrons. The van der Waals surface area contributed by atoms with Crippen LogP contribution < -0.4 is 4.90 Å². The van der Waals surface area contributed by atoms with Crippen molar-refractivity contribution in [2.45, 2.75) is 13.3 Å². The average Bonchev–Trinajstić information content (AvgIpc) is 3.17. The highest BCUT2D eigenvalue weighted by atomic mass is 35.5. The van der Waals surface area contributed by atoms with Gasteiger partial charge in [0.25, 0.3) is 0 Å². The van der Waals surface area contributed by atoms with E-state index in [9.17, 15) is 4.79 Å². The number of fused-ring (bicyclic) bond motifs is 1. The number of carbonyl (C=O) groups is 1. The maximum atomic E-state index is 12.9. The van der Waals surface area contributed by atoms with Gasteiger partial charge in [-0.3, -0.25) is 9.69 Å². The molecular formula is C18H22ClN3OS2. The number of aryl methyl sites for hydroxylation is 1. The molecule has 0 atom stereocenters. The molecule has 3 rings (SSSR count). The number of anilines is 1. The molecule has 2 heterocycles. The highest BCUT2D eigenvalue weighted by Crippen LogP contribution is 2.31. The smallest absolute Gasteiger partial charge is 0.234 e. The predicted octanol–water partition coefficient (Wildman–Crippen LogP) is 4.23.